The summed E-state index contributed by atoms with van der Waals surface area (Å²) in [5.41, 5.74) is 6.14. The average Bonchev–Trinajstić information content (AvgIpc) is 2.64. The van der Waals surface area contributed by atoms with Gasteiger partial charge in [-0.2, -0.15) is 5.10 Å². The number of nitrogens with zero attached hydrogens (tertiary/aromatic N) is 1. The van der Waals surface area contributed by atoms with Gasteiger partial charge < -0.3 is 0 Å². The Morgan fingerprint density at radius 2 is 1.70 bits per heavy atom. The molecule has 0 aromatic heterocycles. The Morgan fingerprint density at radius 1 is 0.957 bits per heavy atom. The van der Waals surface area contributed by atoms with Crippen LogP contribution in [0.25, 0.3) is 0 Å². The second-order valence-electron chi connectivity index (χ2n) is 5.41. The number of hydrazone groups is 1. The standard InChI is InChI=1S/C21H20N2/c1-4-10-18(11-5-1)16-17-21(19-12-6-2-7-13-19)23-22-20-14-8-3-9-15-20/h1-10,12-18,22H,11H2. The molecule has 0 spiro atoms. The number of nitrogens with one attached hydrogen (secondary N) is 1. The fourth-order valence-corrected chi connectivity index (χ4v) is 2.40. The molecule has 1 atom stereocenters. The third-order valence-corrected chi connectivity index (χ3v) is 3.66. The van der Waals surface area contributed by atoms with Gasteiger partial charge in [0.2, 0.25) is 0 Å². The van der Waals surface area contributed by atoms with E-state index >= 15 is 0 Å². The minimum absolute atomic E-state index is 0.436. The molecule has 0 aliphatic heterocycles. The average molecular weight is 300 g/mol. The van der Waals surface area contributed by atoms with Crippen LogP contribution in [-0.4, -0.2) is 5.71 Å². The maximum Gasteiger partial charge on any atom is 0.0902 e. The van der Waals surface area contributed by atoms with Crippen molar-refractivity contribution in [3.63, 3.8) is 0 Å². The number of benzene rings is 2. The Balaban J connectivity index is 1.80. The minimum atomic E-state index is 0.436. The Labute approximate surface area is 137 Å². The van der Waals surface area contributed by atoms with Crippen LogP contribution < -0.4 is 5.43 Å². The molecule has 1 unspecified atom stereocenters. The van der Waals surface area contributed by atoms with Crippen LogP contribution in [0.4, 0.5) is 5.69 Å². The van der Waals surface area contributed by atoms with E-state index in [0.29, 0.717) is 5.92 Å². The van der Waals surface area contributed by atoms with Crippen molar-refractivity contribution in [1.29, 1.82) is 0 Å². The normalized spacial score (nSPS) is 17.6. The van der Waals surface area contributed by atoms with Gasteiger partial charge in [-0.1, -0.05) is 78.9 Å². The van der Waals surface area contributed by atoms with Crippen LogP contribution in [0.1, 0.15) is 12.0 Å². The number of hydrogen-bond donors (Lipinski definition) is 1. The van der Waals surface area contributed by atoms with Crippen molar-refractivity contribution < 1.29 is 0 Å². The summed E-state index contributed by atoms with van der Waals surface area (Å²) in [6.45, 7) is 0. The fraction of sp³-hybridized carbons (Fsp3) is 0.0952. The highest BCUT2D eigenvalue weighted by Gasteiger charge is 2.03. The van der Waals surface area contributed by atoms with Gasteiger partial charge in [-0.25, -0.2) is 0 Å². The van der Waals surface area contributed by atoms with E-state index in [9.17, 15) is 0 Å². The molecule has 2 nitrogen and oxygen atoms in total. The third-order valence-electron chi connectivity index (χ3n) is 3.66. The van der Waals surface area contributed by atoms with Gasteiger partial charge >= 0.3 is 0 Å². The molecule has 0 heterocycles. The molecule has 0 amide bonds. The largest absolute Gasteiger partial charge is 0.278 e. The third kappa shape index (κ3) is 4.55. The van der Waals surface area contributed by atoms with Gasteiger partial charge in [0, 0.05) is 5.56 Å². The predicted molar refractivity (Wildman–Crippen MR) is 98.6 cm³/mol. The molecule has 1 aliphatic carbocycles. The quantitative estimate of drug-likeness (QED) is 0.596. The van der Waals surface area contributed by atoms with Crippen LogP contribution in [0.15, 0.2) is 102 Å². The molecule has 114 valence electrons. The molecule has 3 rings (SSSR count). The summed E-state index contributed by atoms with van der Waals surface area (Å²) < 4.78 is 0. The summed E-state index contributed by atoms with van der Waals surface area (Å²) in [5.74, 6) is 0.436. The molecular formula is C21H20N2. The van der Waals surface area contributed by atoms with E-state index in [1.54, 1.807) is 0 Å². The summed E-state index contributed by atoms with van der Waals surface area (Å²) in [6.07, 6.45) is 13.9. The molecule has 23 heavy (non-hydrogen) atoms. The first-order chi connectivity index (χ1) is 11.4. The van der Waals surface area contributed by atoms with Gasteiger partial charge in [0.1, 0.15) is 0 Å². The number of hydrogen-bond acceptors (Lipinski definition) is 2. The summed E-state index contributed by atoms with van der Waals surface area (Å²) in [6, 6.07) is 20.2. The molecule has 0 saturated heterocycles. The zero-order valence-corrected chi connectivity index (χ0v) is 13.0. The lowest BCUT2D eigenvalue weighted by molar-refractivity contribution is 0.823. The Bertz CT molecular complexity index is 725. The van der Waals surface area contributed by atoms with Gasteiger partial charge in [0.15, 0.2) is 0 Å². The minimum Gasteiger partial charge on any atom is -0.278 e. The Kier molecular flexibility index (Phi) is 5.20. The van der Waals surface area contributed by atoms with E-state index in [2.05, 4.69) is 59.1 Å². The van der Waals surface area contributed by atoms with E-state index in [-0.39, 0.29) is 0 Å². The molecule has 1 aliphatic rings. The highest BCUT2D eigenvalue weighted by molar-refractivity contribution is 6.09. The molecule has 0 fully saturated rings. The lowest BCUT2D eigenvalue weighted by atomic mass is 9.99. The second kappa shape index (κ2) is 7.95. The molecule has 1 N–H and O–H groups in total. The molecule has 2 aromatic carbocycles. The fourth-order valence-electron chi connectivity index (χ4n) is 2.40. The maximum atomic E-state index is 4.59. The van der Waals surface area contributed by atoms with Crippen LogP contribution in [0.5, 0.6) is 0 Å². The lowest BCUT2D eigenvalue weighted by Crippen LogP contribution is -2.03. The monoisotopic (exact) mass is 300 g/mol. The van der Waals surface area contributed by atoms with Gasteiger partial charge in [0.05, 0.1) is 11.4 Å². The van der Waals surface area contributed by atoms with Crippen LogP contribution in [0, 0.1) is 5.92 Å². The van der Waals surface area contributed by atoms with Crippen molar-refractivity contribution in [2.75, 3.05) is 5.43 Å². The van der Waals surface area contributed by atoms with Crippen molar-refractivity contribution in [1.82, 2.24) is 0 Å². The Morgan fingerprint density at radius 3 is 2.39 bits per heavy atom. The van der Waals surface area contributed by atoms with Gasteiger partial charge in [-0.05, 0) is 30.5 Å². The Hall–Kier alpha value is -2.87. The van der Waals surface area contributed by atoms with Crippen molar-refractivity contribution in [3.05, 3.63) is 103 Å². The first-order valence-electron chi connectivity index (χ1n) is 7.87. The maximum absolute atomic E-state index is 4.59. The summed E-state index contributed by atoms with van der Waals surface area (Å²) >= 11 is 0. The van der Waals surface area contributed by atoms with E-state index < -0.39 is 0 Å². The first-order valence-corrected chi connectivity index (χ1v) is 7.87. The summed E-state index contributed by atoms with van der Waals surface area (Å²) in [7, 11) is 0. The van der Waals surface area contributed by atoms with E-state index in [0.717, 1.165) is 23.4 Å². The number of para-hydroxylation sites is 1. The van der Waals surface area contributed by atoms with Crippen molar-refractivity contribution in [2.45, 2.75) is 6.42 Å². The summed E-state index contributed by atoms with van der Waals surface area (Å²) in [5, 5.41) is 4.59. The lowest BCUT2D eigenvalue weighted by Gasteiger charge is -2.08. The smallest absolute Gasteiger partial charge is 0.0902 e. The van der Waals surface area contributed by atoms with Gasteiger partial charge in [0.25, 0.3) is 0 Å². The van der Waals surface area contributed by atoms with Crippen molar-refractivity contribution in [2.24, 2.45) is 11.0 Å². The van der Waals surface area contributed by atoms with Gasteiger partial charge in [-0.3, -0.25) is 5.43 Å². The molecule has 2 heteroatoms. The van der Waals surface area contributed by atoms with Crippen LogP contribution >= 0.6 is 0 Å². The zero-order chi connectivity index (χ0) is 15.7. The van der Waals surface area contributed by atoms with Gasteiger partial charge in [-0.15, -0.1) is 0 Å². The molecule has 0 radical (unpaired) electrons. The number of rotatable bonds is 5. The van der Waals surface area contributed by atoms with Crippen molar-refractivity contribution in [3.8, 4) is 0 Å². The highest BCUT2D eigenvalue weighted by Crippen LogP contribution is 2.14. The predicted octanol–water partition coefficient (Wildman–Crippen LogP) is 5.19. The number of anilines is 1. The first kappa shape index (κ1) is 15.0. The van der Waals surface area contributed by atoms with Crippen LogP contribution in [0.2, 0.25) is 0 Å². The van der Waals surface area contributed by atoms with E-state index in [1.807, 2.05) is 48.5 Å². The topological polar surface area (TPSA) is 24.4 Å². The van der Waals surface area contributed by atoms with Crippen LogP contribution in [-0.2, 0) is 0 Å². The van der Waals surface area contributed by atoms with Crippen molar-refractivity contribution >= 4 is 11.4 Å². The molecular weight excluding hydrogens is 280 g/mol. The van der Waals surface area contributed by atoms with Crippen LogP contribution in [0.3, 0.4) is 0 Å². The molecule has 2 aromatic rings. The van der Waals surface area contributed by atoms with E-state index in [4.69, 9.17) is 0 Å². The highest BCUT2D eigenvalue weighted by atomic mass is 15.3. The molecule has 0 bridgehead atoms. The summed E-state index contributed by atoms with van der Waals surface area (Å²) in [4.78, 5) is 0. The SMILES string of the molecule is C1=CCC(C=CC(=NNc2ccccc2)c2ccccc2)C=C1. The number of allylic oxidation sites excluding steroid dienone is 6. The van der Waals surface area contributed by atoms with E-state index in [1.165, 1.54) is 0 Å². The second-order valence-corrected chi connectivity index (χ2v) is 5.41. The molecule has 0 saturated carbocycles. The zero-order valence-electron chi connectivity index (χ0n) is 13.0.